The maximum atomic E-state index is 12.4. The summed E-state index contributed by atoms with van der Waals surface area (Å²) in [6.07, 6.45) is 4.43. The molecule has 0 fully saturated rings. The topological polar surface area (TPSA) is 52.6 Å². The lowest BCUT2D eigenvalue weighted by atomic mass is 9.93. The zero-order chi connectivity index (χ0) is 18.1. The van der Waals surface area contributed by atoms with Crippen molar-refractivity contribution in [1.29, 1.82) is 0 Å². The first-order valence-electron chi connectivity index (χ1n) is 8.14. The van der Waals surface area contributed by atoms with Gasteiger partial charge in [0.1, 0.15) is 0 Å². The summed E-state index contributed by atoms with van der Waals surface area (Å²) in [5, 5.41) is 0. The number of esters is 2. The van der Waals surface area contributed by atoms with Gasteiger partial charge < -0.3 is 9.47 Å². The van der Waals surface area contributed by atoms with Gasteiger partial charge in [-0.15, -0.1) is 13.2 Å². The Morgan fingerprint density at radius 1 is 0.958 bits per heavy atom. The maximum absolute atomic E-state index is 12.4. The molecule has 4 nitrogen and oxygen atoms in total. The Morgan fingerprint density at radius 2 is 1.46 bits per heavy atom. The predicted molar refractivity (Wildman–Crippen MR) is 94.8 cm³/mol. The van der Waals surface area contributed by atoms with Gasteiger partial charge in [-0.2, -0.15) is 0 Å². The number of ether oxygens (including phenoxy) is 2. The normalized spacial score (nSPS) is 13.0. The molecule has 0 saturated carbocycles. The van der Waals surface area contributed by atoms with E-state index in [1.165, 1.54) is 0 Å². The highest BCUT2D eigenvalue weighted by Crippen LogP contribution is 2.29. The smallest absolute Gasteiger partial charge is 0.315 e. The van der Waals surface area contributed by atoms with Crippen molar-refractivity contribution in [3.63, 3.8) is 0 Å². The molecule has 2 atom stereocenters. The number of hydrogen-bond acceptors (Lipinski definition) is 4. The van der Waals surface area contributed by atoms with Crippen molar-refractivity contribution >= 4 is 11.9 Å². The quantitative estimate of drug-likeness (QED) is 0.378. The molecule has 0 bridgehead atoms. The fourth-order valence-corrected chi connectivity index (χ4v) is 2.18. The van der Waals surface area contributed by atoms with Gasteiger partial charge in [-0.1, -0.05) is 45.1 Å². The standard InChI is InChI=1S/C20H26O4/c1-6-10-15(5)19(21)23-17-12-8-9-13-18(17)24-20(22)16(11-7-2)14(3)4/h6-9,12-16H,1-2,10-11H2,3-5H3/t15-,16+/m1/s1. The van der Waals surface area contributed by atoms with E-state index in [9.17, 15) is 9.59 Å². The molecular weight excluding hydrogens is 304 g/mol. The van der Waals surface area contributed by atoms with Gasteiger partial charge in [-0.3, -0.25) is 9.59 Å². The van der Waals surface area contributed by atoms with Crippen LogP contribution in [0.4, 0.5) is 0 Å². The summed E-state index contributed by atoms with van der Waals surface area (Å²) in [5.41, 5.74) is 0. The van der Waals surface area contributed by atoms with Crippen LogP contribution in [0, 0.1) is 17.8 Å². The summed E-state index contributed by atoms with van der Waals surface area (Å²) in [7, 11) is 0. The van der Waals surface area contributed by atoms with Gasteiger partial charge in [0.2, 0.25) is 0 Å². The largest absolute Gasteiger partial charge is 0.422 e. The van der Waals surface area contributed by atoms with E-state index in [1.54, 1.807) is 43.3 Å². The van der Waals surface area contributed by atoms with Gasteiger partial charge in [0.25, 0.3) is 0 Å². The first kappa shape index (κ1) is 19.7. The molecule has 0 heterocycles. The minimum Gasteiger partial charge on any atom is -0.422 e. The average Bonchev–Trinajstić information content (AvgIpc) is 2.54. The fraction of sp³-hybridized carbons (Fsp3) is 0.400. The molecule has 1 aromatic rings. The summed E-state index contributed by atoms with van der Waals surface area (Å²) >= 11 is 0. The molecule has 24 heavy (non-hydrogen) atoms. The average molecular weight is 330 g/mol. The first-order valence-corrected chi connectivity index (χ1v) is 8.14. The van der Waals surface area contributed by atoms with Crippen LogP contribution in [0.25, 0.3) is 0 Å². The van der Waals surface area contributed by atoms with Crippen molar-refractivity contribution < 1.29 is 19.1 Å². The molecule has 0 saturated heterocycles. The van der Waals surface area contributed by atoms with Gasteiger partial charge >= 0.3 is 11.9 Å². The number of para-hydroxylation sites is 2. The number of benzene rings is 1. The minimum absolute atomic E-state index is 0.123. The molecular formula is C20H26O4. The number of hydrogen-bond donors (Lipinski definition) is 0. The molecule has 130 valence electrons. The SMILES string of the molecule is C=CC[C@@H](C)C(=O)Oc1ccccc1OC(=O)[C@@H](CC=C)C(C)C. The summed E-state index contributed by atoms with van der Waals surface area (Å²) in [5.74, 6) is -0.721. The van der Waals surface area contributed by atoms with Crippen molar-refractivity contribution in [2.24, 2.45) is 17.8 Å². The van der Waals surface area contributed by atoms with Crippen LogP contribution >= 0.6 is 0 Å². The van der Waals surface area contributed by atoms with E-state index in [-0.39, 0.29) is 41.2 Å². The lowest BCUT2D eigenvalue weighted by Gasteiger charge is -2.19. The Labute approximate surface area is 144 Å². The van der Waals surface area contributed by atoms with E-state index < -0.39 is 0 Å². The second-order valence-corrected chi connectivity index (χ2v) is 6.09. The highest BCUT2D eigenvalue weighted by Gasteiger charge is 2.24. The second-order valence-electron chi connectivity index (χ2n) is 6.09. The molecule has 1 aromatic carbocycles. The fourth-order valence-electron chi connectivity index (χ4n) is 2.18. The number of carbonyl (C=O) groups excluding carboxylic acids is 2. The zero-order valence-corrected chi connectivity index (χ0v) is 14.7. The van der Waals surface area contributed by atoms with Gasteiger partial charge in [-0.05, 0) is 30.9 Å². The van der Waals surface area contributed by atoms with E-state index in [2.05, 4.69) is 13.2 Å². The Balaban J connectivity index is 2.89. The molecule has 4 heteroatoms. The number of carbonyl (C=O) groups is 2. The van der Waals surface area contributed by atoms with Crippen molar-refractivity contribution in [2.75, 3.05) is 0 Å². The highest BCUT2D eigenvalue weighted by molar-refractivity contribution is 5.78. The molecule has 0 amide bonds. The van der Waals surface area contributed by atoms with Crippen molar-refractivity contribution in [2.45, 2.75) is 33.6 Å². The first-order chi connectivity index (χ1) is 11.4. The second kappa shape index (κ2) is 9.71. The summed E-state index contributed by atoms with van der Waals surface area (Å²) in [6.45, 7) is 13.0. The Bertz CT molecular complexity index is 589. The molecule has 0 aliphatic rings. The van der Waals surface area contributed by atoms with Crippen LogP contribution in [0.2, 0.25) is 0 Å². The molecule has 0 unspecified atom stereocenters. The van der Waals surface area contributed by atoms with Crippen molar-refractivity contribution in [1.82, 2.24) is 0 Å². The van der Waals surface area contributed by atoms with Crippen molar-refractivity contribution in [3.05, 3.63) is 49.6 Å². The third-order valence-corrected chi connectivity index (χ3v) is 3.72. The molecule has 1 rings (SSSR count). The van der Waals surface area contributed by atoms with E-state index in [0.717, 1.165) is 0 Å². The molecule has 0 N–H and O–H groups in total. The van der Waals surface area contributed by atoms with E-state index in [0.29, 0.717) is 12.8 Å². The Hall–Kier alpha value is -2.36. The van der Waals surface area contributed by atoms with Gasteiger partial charge in [0.15, 0.2) is 11.5 Å². The molecule has 0 spiro atoms. The van der Waals surface area contributed by atoms with E-state index >= 15 is 0 Å². The maximum Gasteiger partial charge on any atom is 0.315 e. The Morgan fingerprint density at radius 3 is 1.92 bits per heavy atom. The summed E-state index contributed by atoms with van der Waals surface area (Å²) < 4.78 is 10.9. The van der Waals surface area contributed by atoms with Crippen LogP contribution < -0.4 is 9.47 Å². The predicted octanol–water partition coefficient (Wildman–Crippen LogP) is 4.56. The minimum atomic E-state index is -0.384. The van der Waals surface area contributed by atoms with E-state index in [1.807, 2.05) is 13.8 Å². The highest BCUT2D eigenvalue weighted by atomic mass is 16.6. The zero-order valence-electron chi connectivity index (χ0n) is 14.7. The van der Waals surface area contributed by atoms with E-state index in [4.69, 9.17) is 9.47 Å². The van der Waals surface area contributed by atoms with Crippen LogP contribution in [-0.4, -0.2) is 11.9 Å². The van der Waals surface area contributed by atoms with Crippen LogP contribution in [0.5, 0.6) is 11.5 Å². The monoisotopic (exact) mass is 330 g/mol. The Kier molecular flexibility index (Phi) is 7.96. The van der Waals surface area contributed by atoms with Crippen LogP contribution in [0.3, 0.4) is 0 Å². The van der Waals surface area contributed by atoms with Crippen LogP contribution in [0.1, 0.15) is 33.6 Å². The molecule has 0 aliphatic heterocycles. The lowest BCUT2D eigenvalue weighted by Crippen LogP contribution is -2.25. The summed E-state index contributed by atoms with van der Waals surface area (Å²) in [4.78, 5) is 24.5. The number of rotatable bonds is 9. The lowest BCUT2D eigenvalue weighted by molar-refractivity contribution is -0.142. The third kappa shape index (κ3) is 5.69. The van der Waals surface area contributed by atoms with Crippen LogP contribution in [0.15, 0.2) is 49.6 Å². The van der Waals surface area contributed by atoms with Gasteiger partial charge in [0, 0.05) is 0 Å². The number of allylic oxidation sites excluding steroid dienone is 2. The molecule has 0 radical (unpaired) electrons. The van der Waals surface area contributed by atoms with Gasteiger partial charge in [0.05, 0.1) is 11.8 Å². The third-order valence-electron chi connectivity index (χ3n) is 3.72. The van der Waals surface area contributed by atoms with Crippen LogP contribution in [-0.2, 0) is 9.59 Å². The summed E-state index contributed by atoms with van der Waals surface area (Å²) in [6, 6.07) is 6.68. The van der Waals surface area contributed by atoms with Crippen molar-refractivity contribution in [3.8, 4) is 11.5 Å². The molecule has 0 aliphatic carbocycles. The molecule has 0 aromatic heterocycles. The van der Waals surface area contributed by atoms with Gasteiger partial charge in [-0.25, -0.2) is 0 Å².